The molecule has 1 aromatic carbocycles. The zero-order chi connectivity index (χ0) is 15.2. The molecule has 2 aromatic rings. The molecule has 0 saturated carbocycles. The summed E-state index contributed by atoms with van der Waals surface area (Å²) in [5.74, 6) is 5.32. The van der Waals surface area contributed by atoms with E-state index in [2.05, 4.69) is 22.1 Å². The van der Waals surface area contributed by atoms with Crippen LogP contribution in [0.25, 0.3) is 0 Å². The summed E-state index contributed by atoms with van der Waals surface area (Å²) in [7, 11) is 0. The van der Waals surface area contributed by atoms with Gasteiger partial charge >= 0.3 is 0 Å². The normalized spacial score (nSPS) is 9.86. The van der Waals surface area contributed by atoms with Crippen molar-refractivity contribution in [3.63, 3.8) is 0 Å². The van der Waals surface area contributed by atoms with Crippen molar-refractivity contribution in [2.24, 2.45) is 0 Å². The predicted octanol–water partition coefficient (Wildman–Crippen LogP) is 2.03. The molecule has 2 N–H and O–H groups in total. The molecule has 0 spiro atoms. The molecule has 1 aromatic heterocycles. The molecule has 0 fully saturated rings. The largest absolute Gasteiger partial charge is 0.384 e. The Bertz CT molecular complexity index is 711. The number of aliphatic hydroxyl groups is 1. The number of rotatable bonds is 3. The van der Waals surface area contributed by atoms with Gasteiger partial charge in [-0.2, -0.15) is 0 Å². The van der Waals surface area contributed by atoms with Crippen molar-refractivity contribution in [1.29, 1.82) is 0 Å². The average Bonchev–Trinajstić information content (AvgIpc) is 2.89. The van der Waals surface area contributed by atoms with Crippen molar-refractivity contribution < 1.29 is 9.90 Å². The highest BCUT2D eigenvalue weighted by Gasteiger charge is 2.08. The molecule has 0 radical (unpaired) electrons. The fourth-order valence-corrected chi connectivity index (χ4v) is 2.53. The SMILES string of the molecule is Cc1csc(CNC(=O)c2ccc(C#CCO)c(C)c2)n1. The van der Waals surface area contributed by atoms with Crippen molar-refractivity contribution in [3.05, 3.63) is 51.0 Å². The van der Waals surface area contributed by atoms with Gasteiger partial charge in [0.25, 0.3) is 5.91 Å². The highest BCUT2D eigenvalue weighted by Crippen LogP contribution is 2.11. The third kappa shape index (κ3) is 4.15. The summed E-state index contributed by atoms with van der Waals surface area (Å²) >= 11 is 1.53. The van der Waals surface area contributed by atoms with Gasteiger partial charge in [-0.15, -0.1) is 11.3 Å². The number of nitrogens with zero attached hydrogens (tertiary/aromatic N) is 1. The number of hydrogen-bond donors (Lipinski definition) is 2. The summed E-state index contributed by atoms with van der Waals surface area (Å²) in [5, 5.41) is 14.4. The summed E-state index contributed by atoms with van der Waals surface area (Å²) in [5.41, 5.74) is 3.28. The molecule has 0 unspecified atom stereocenters. The summed E-state index contributed by atoms with van der Waals surface area (Å²) < 4.78 is 0. The summed E-state index contributed by atoms with van der Waals surface area (Å²) in [4.78, 5) is 16.4. The van der Waals surface area contributed by atoms with E-state index in [1.165, 1.54) is 11.3 Å². The van der Waals surface area contributed by atoms with Crippen LogP contribution < -0.4 is 5.32 Å². The molecule has 4 nitrogen and oxygen atoms in total. The zero-order valence-electron chi connectivity index (χ0n) is 11.9. The lowest BCUT2D eigenvalue weighted by Crippen LogP contribution is -2.22. The van der Waals surface area contributed by atoms with Gasteiger partial charge in [0.05, 0.1) is 6.54 Å². The maximum Gasteiger partial charge on any atom is 0.251 e. The fourth-order valence-electron chi connectivity index (χ4n) is 1.82. The van der Waals surface area contributed by atoms with Crippen LogP contribution in [0.3, 0.4) is 0 Å². The van der Waals surface area contributed by atoms with Crippen LogP contribution in [0.2, 0.25) is 0 Å². The molecular formula is C16H16N2O2S. The Hall–Kier alpha value is -2.16. The van der Waals surface area contributed by atoms with Crippen LogP contribution in [0.5, 0.6) is 0 Å². The minimum Gasteiger partial charge on any atom is -0.384 e. The van der Waals surface area contributed by atoms with E-state index in [4.69, 9.17) is 5.11 Å². The van der Waals surface area contributed by atoms with Crippen LogP contribution in [0, 0.1) is 25.7 Å². The Labute approximate surface area is 127 Å². The van der Waals surface area contributed by atoms with Gasteiger partial charge in [0.15, 0.2) is 0 Å². The molecule has 5 heteroatoms. The lowest BCUT2D eigenvalue weighted by Gasteiger charge is -2.05. The van der Waals surface area contributed by atoms with Crippen molar-refractivity contribution in [3.8, 4) is 11.8 Å². The van der Waals surface area contributed by atoms with Crippen LogP contribution in [0.4, 0.5) is 0 Å². The van der Waals surface area contributed by atoms with Gasteiger partial charge in [0.2, 0.25) is 0 Å². The molecule has 0 aliphatic carbocycles. The van der Waals surface area contributed by atoms with Crippen molar-refractivity contribution in [2.75, 3.05) is 6.61 Å². The number of nitrogens with one attached hydrogen (secondary N) is 1. The van der Waals surface area contributed by atoms with E-state index in [0.717, 1.165) is 21.8 Å². The van der Waals surface area contributed by atoms with Crippen LogP contribution in [-0.2, 0) is 6.54 Å². The first-order valence-electron chi connectivity index (χ1n) is 6.49. The van der Waals surface area contributed by atoms with Gasteiger partial charge in [-0.1, -0.05) is 11.8 Å². The number of benzene rings is 1. The molecule has 0 aliphatic heterocycles. The summed E-state index contributed by atoms with van der Waals surface area (Å²) in [6.07, 6.45) is 0. The lowest BCUT2D eigenvalue weighted by molar-refractivity contribution is 0.0950. The van der Waals surface area contributed by atoms with E-state index in [9.17, 15) is 4.79 Å². The first-order valence-corrected chi connectivity index (χ1v) is 7.37. The van der Waals surface area contributed by atoms with Gasteiger partial charge in [-0.05, 0) is 37.6 Å². The molecule has 0 aliphatic rings. The monoisotopic (exact) mass is 300 g/mol. The van der Waals surface area contributed by atoms with Gasteiger partial charge in [0.1, 0.15) is 11.6 Å². The van der Waals surface area contributed by atoms with E-state index in [1.54, 1.807) is 18.2 Å². The smallest absolute Gasteiger partial charge is 0.251 e. The standard InChI is InChI=1S/C16H16N2O2S/c1-11-8-14(6-5-13(11)4-3-7-19)16(20)17-9-15-18-12(2)10-21-15/h5-6,8,10,19H,7,9H2,1-2H3,(H,17,20). The third-order valence-electron chi connectivity index (χ3n) is 2.86. The molecule has 1 amide bonds. The molecule has 0 saturated heterocycles. The Kier molecular flexibility index (Phi) is 5.09. The summed E-state index contributed by atoms with van der Waals surface area (Å²) in [6, 6.07) is 5.32. The van der Waals surface area contributed by atoms with Crippen LogP contribution >= 0.6 is 11.3 Å². The second-order valence-corrected chi connectivity index (χ2v) is 5.50. The molecular weight excluding hydrogens is 284 g/mol. The van der Waals surface area contributed by atoms with Crippen LogP contribution in [0.15, 0.2) is 23.6 Å². The third-order valence-corrected chi connectivity index (χ3v) is 3.82. The highest BCUT2D eigenvalue weighted by molar-refractivity contribution is 7.09. The molecule has 1 heterocycles. The topological polar surface area (TPSA) is 62.2 Å². The molecule has 108 valence electrons. The predicted molar refractivity (Wildman–Crippen MR) is 83.2 cm³/mol. The van der Waals surface area contributed by atoms with Gasteiger partial charge in [-0.25, -0.2) is 4.98 Å². The minimum absolute atomic E-state index is 0.132. The van der Waals surface area contributed by atoms with E-state index in [-0.39, 0.29) is 12.5 Å². The Balaban J connectivity index is 2.04. The van der Waals surface area contributed by atoms with E-state index < -0.39 is 0 Å². The van der Waals surface area contributed by atoms with E-state index in [0.29, 0.717) is 12.1 Å². The number of aliphatic hydroxyl groups excluding tert-OH is 1. The second kappa shape index (κ2) is 7.02. The van der Waals surface area contributed by atoms with Gasteiger partial charge in [-0.3, -0.25) is 4.79 Å². The van der Waals surface area contributed by atoms with E-state index >= 15 is 0 Å². The quantitative estimate of drug-likeness (QED) is 0.853. The molecule has 21 heavy (non-hydrogen) atoms. The zero-order valence-corrected chi connectivity index (χ0v) is 12.8. The first-order chi connectivity index (χ1) is 10.1. The van der Waals surface area contributed by atoms with Crippen LogP contribution in [-0.4, -0.2) is 22.6 Å². The second-order valence-electron chi connectivity index (χ2n) is 4.55. The number of aryl methyl sites for hydroxylation is 2. The fraction of sp³-hybridized carbons (Fsp3) is 0.250. The number of carbonyl (C=O) groups excluding carboxylic acids is 1. The van der Waals surface area contributed by atoms with Crippen LogP contribution in [0.1, 0.15) is 32.2 Å². The molecule has 0 atom stereocenters. The van der Waals surface area contributed by atoms with Crippen molar-refractivity contribution >= 4 is 17.2 Å². The minimum atomic E-state index is -0.172. The molecule has 0 bridgehead atoms. The van der Waals surface area contributed by atoms with Crippen molar-refractivity contribution in [1.82, 2.24) is 10.3 Å². The maximum atomic E-state index is 12.1. The Morgan fingerprint density at radius 2 is 2.24 bits per heavy atom. The lowest BCUT2D eigenvalue weighted by atomic mass is 10.0. The summed E-state index contributed by atoms with van der Waals surface area (Å²) in [6.45, 7) is 4.08. The first kappa shape index (κ1) is 15.2. The van der Waals surface area contributed by atoms with Crippen molar-refractivity contribution in [2.45, 2.75) is 20.4 Å². The Morgan fingerprint density at radius 1 is 1.43 bits per heavy atom. The number of hydrogen-bond acceptors (Lipinski definition) is 4. The van der Waals surface area contributed by atoms with Gasteiger partial charge < -0.3 is 10.4 Å². The number of aromatic nitrogens is 1. The average molecular weight is 300 g/mol. The Morgan fingerprint density at radius 3 is 2.86 bits per heavy atom. The number of carbonyl (C=O) groups is 1. The van der Waals surface area contributed by atoms with E-state index in [1.807, 2.05) is 19.2 Å². The highest BCUT2D eigenvalue weighted by atomic mass is 32.1. The van der Waals surface area contributed by atoms with Gasteiger partial charge in [0, 0.05) is 22.2 Å². The maximum absolute atomic E-state index is 12.1. The number of thiazole rings is 1. The number of amides is 1. The molecule has 2 rings (SSSR count).